The maximum absolute atomic E-state index is 13.0. The molecule has 1 amide bonds. The molecule has 0 fully saturated rings. The zero-order chi connectivity index (χ0) is 21.0. The summed E-state index contributed by atoms with van der Waals surface area (Å²) in [4.78, 5) is 30.1. The van der Waals surface area contributed by atoms with E-state index in [1.165, 1.54) is 5.56 Å². The van der Waals surface area contributed by atoms with E-state index in [-0.39, 0.29) is 5.91 Å². The average Bonchev–Trinajstić information content (AvgIpc) is 2.73. The first-order valence-corrected chi connectivity index (χ1v) is 9.93. The predicted octanol–water partition coefficient (Wildman–Crippen LogP) is 4.85. The highest BCUT2D eigenvalue weighted by Gasteiger charge is 2.23. The molecule has 1 atom stereocenters. The predicted molar refractivity (Wildman–Crippen MR) is 115 cm³/mol. The molecule has 0 bridgehead atoms. The Bertz CT molecular complexity index is 1040. The molecular weight excluding hydrogens is 364 g/mol. The number of aromatic nitrogens is 1. The second-order valence-electron chi connectivity index (χ2n) is 7.02. The number of hydrogen-bond donors (Lipinski definition) is 1. The fourth-order valence-corrected chi connectivity index (χ4v) is 3.31. The second-order valence-corrected chi connectivity index (χ2v) is 7.02. The normalized spacial score (nSPS) is 11.9. The lowest BCUT2D eigenvalue weighted by Crippen LogP contribution is -2.30. The van der Waals surface area contributed by atoms with Crippen LogP contribution in [-0.4, -0.2) is 23.0 Å². The lowest BCUT2D eigenvalue weighted by Gasteiger charge is -2.17. The van der Waals surface area contributed by atoms with E-state index in [9.17, 15) is 9.59 Å². The number of ether oxygens (including phenoxy) is 1. The molecule has 150 valence electrons. The number of benzene rings is 2. The van der Waals surface area contributed by atoms with E-state index in [1.54, 1.807) is 6.92 Å². The summed E-state index contributed by atoms with van der Waals surface area (Å²) in [6.45, 7) is 7.52. The van der Waals surface area contributed by atoms with E-state index < -0.39 is 12.1 Å². The fraction of sp³-hybridized carbons (Fsp3) is 0.292. The first-order chi connectivity index (χ1) is 13.9. The van der Waals surface area contributed by atoms with Crippen molar-refractivity contribution in [2.24, 2.45) is 0 Å². The van der Waals surface area contributed by atoms with Crippen LogP contribution < -0.4 is 5.32 Å². The van der Waals surface area contributed by atoms with Crippen molar-refractivity contribution in [1.29, 1.82) is 0 Å². The van der Waals surface area contributed by atoms with Crippen molar-refractivity contribution in [2.75, 3.05) is 5.32 Å². The van der Waals surface area contributed by atoms with Gasteiger partial charge in [0.15, 0.2) is 6.10 Å². The van der Waals surface area contributed by atoms with Gasteiger partial charge in [-0.1, -0.05) is 44.2 Å². The van der Waals surface area contributed by atoms with E-state index in [2.05, 4.69) is 17.2 Å². The van der Waals surface area contributed by atoms with Gasteiger partial charge in [-0.15, -0.1) is 0 Å². The zero-order valence-corrected chi connectivity index (χ0v) is 17.3. The van der Waals surface area contributed by atoms with Crippen LogP contribution in [0.2, 0.25) is 0 Å². The van der Waals surface area contributed by atoms with Crippen molar-refractivity contribution in [3.63, 3.8) is 0 Å². The number of nitrogens with one attached hydrogen (secondary N) is 1. The van der Waals surface area contributed by atoms with Gasteiger partial charge < -0.3 is 10.1 Å². The highest BCUT2D eigenvalue weighted by atomic mass is 16.5. The number of aryl methyl sites for hydroxylation is 2. The van der Waals surface area contributed by atoms with Gasteiger partial charge in [-0.05, 0) is 56.0 Å². The monoisotopic (exact) mass is 390 g/mol. The summed E-state index contributed by atoms with van der Waals surface area (Å²) in [6.07, 6.45) is 0.715. The van der Waals surface area contributed by atoms with Crippen LogP contribution in [-0.2, 0) is 22.4 Å². The number of hydrogen-bond acceptors (Lipinski definition) is 4. The summed E-state index contributed by atoms with van der Waals surface area (Å²) in [6, 6.07) is 15.1. The topological polar surface area (TPSA) is 68.3 Å². The van der Waals surface area contributed by atoms with Crippen molar-refractivity contribution in [1.82, 2.24) is 4.98 Å². The molecular formula is C24H26N2O3. The van der Waals surface area contributed by atoms with Gasteiger partial charge in [-0.2, -0.15) is 0 Å². The number of para-hydroxylation sites is 1. The number of amides is 1. The van der Waals surface area contributed by atoms with Crippen LogP contribution in [0.3, 0.4) is 0 Å². The first-order valence-electron chi connectivity index (χ1n) is 9.93. The number of fused-ring (bicyclic) bond motifs is 1. The fourth-order valence-electron chi connectivity index (χ4n) is 3.31. The molecule has 0 saturated heterocycles. The molecule has 0 spiro atoms. The van der Waals surface area contributed by atoms with Gasteiger partial charge in [-0.3, -0.25) is 9.78 Å². The van der Waals surface area contributed by atoms with Gasteiger partial charge in [0.1, 0.15) is 0 Å². The van der Waals surface area contributed by atoms with Crippen molar-refractivity contribution < 1.29 is 14.3 Å². The molecule has 5 heteroatoms. The van der Waals surface area contributed by atoms with Crippen molar-refractivity contribution in [3.05, 3.63) is 70.9 Å². The van der Waals surface area contributed by atoms with Crippen LogP contribution in [0.1, 0.15) is 48.0 Å². The highest BCUT2D eigenvalue weighted by molar-refractivity contribution is 6.06. The number of carbonyl (C=O) groups is 2. The minimum absolute atomic E-state index is 0.366. The average molecular weight is 390 g/mol. The summed E-state index contributed by atoms with van der Waals surface area (Å²) in [5, 5.41) is 3.53. The van der Waals surface area contributed by atoms with Gasteiger partial charge in [0.2, 0.25) is 0 Å². The van der Waals surface area contributed by atoms with Crippen LogP contribution in [0.15, 0.2) is 48.5 Å². The van der Waals surface area contributed by atoms with Crippen LogP contribution in [0, 0.1) is 6.92 Å². The molecule has 0 radical (unpaired) electrons. The molecule has 1 heterocycles. The SMILES string of the molecule is CCc1ccc(NC(=O)[C@H](C)OC(=O)c2c(C)c(CC)nc3ccccc23)cc1. The molecule has 3 rings (SSSR count). The zero-order valence-electron chi connectivity index (χ0n) is 17.3. The van der Waals surface area contributed by atoms with Gasteiger partial charge in [-0.25, -0.2) is 4.79 Å². The standard InChI is InChI=1S/C24H26N2O3/c1-5-17-11-13-18(14-12-17)25-23(27)16(4)29-24(28)22-15(3)20(6-2)26-21-10-8-7-9-19(21)22/h7-14,16H,5-6H2,1-4H3,(H,25,27)/t16-/m0/s1. The number of carbonyl (C=O) groups excluding carboxylic acids is 2. The second kappa shape index (κ2) is 8.86. The lowest BCUT2D eigenvalue weighted by molar-refractivity contribution is -0.123. The van der Waals surface area contributed by atoms with E-state index in [1.807, 2.05) is 62.4 Å². The summed E-state index contributed by atoms with van der Waals surface area (Å²) in [7, 11) is 0. The molecule has 0 saturated carbocycles. The Hall–Kier alpha value is -3.21. The molecule has 3 aromatic rings. The van der Waals surface area contributed by atoms with Gasteiger partial charge in [0, 0.05) is 16.8 Å². The number of rotatable bonds is 6. The Kier molecular flexibility index (Phi) is 6.27. The van der Waals surface area contributed by atoms with Crippen molar-refractivity contribution >= 4 is 28.5 Å². The molecule has 0 unspecified atom stereocenters. The number of nitrogens with zero attached hydrogens (tertiary/aromatic N) is 1. The Morgan fingerprint density at radius 1 is 1.03 bits per heavy atom. The highest BCUT2D eigenvalue weighted by Crippen LogP contribution is 2.25. The summed E-state index contributed by atoms with van der Waals surface area (Å²) < 4.78 is 5.52. The minimum Gasteiger partial charge on any atom is -0.449 e. The maximum atomic E-state index is 13.0. The van der Waals surface area contributed by atoms with E-state index >= 15 is 0 Å². The molecule has 0 aliphatic heterocycles. The Morgan fingerprint density at radius 2 is 1.72 bits per heavy atom. The summed E-state index contributed by atoms with van der Waals surface area (Å²) in [5.41, 5.74) is 4.72. The lowest BCUT2D eigenvalue weighted by atomic mass is 10.0. The van der Waals surface area contributed by atoms with Gasteiger partial charge in [0.05, 0.1) is 11.1 Å². The molecule has 29 heavy (non-hydrogen) atoms. The van der Waals surface area contributed by atoms with Crippen molar-refractivity contribution in [2.45, 2.75) is 46.6 Å². The van der Waals surface area contributed by atoms with E-state index in [4.69, 9.17) is 4.74 Å². The van der Waals surface area contributed by atoms with E-state index in [0.29, 0.717) is 17.7 Å². The summed E-state index contributed by atoms with van der Waals surface area (Å²) >= 11 is 0. The third-order valence-corrected chi connectivity index (χ3v) is 5.06. The molecule has 0 aliphatic rings. The van der Waals surface area contributed by atoms with Gasteiger partial charge >= 0.3 is 5.97 Å². The Morgan fingerprint density at radius 3 is 2.38 bits per heavy atom. The minimum atomic E-state index is -0.926. The first kappa shape index (κ1) is 20.5. The largest absolute Gasteiger partial charge is 0.449 e. The van der Waals surface area contributed by atoms with Crippen molar-refractivity contribution in [3.8, 4) is 0 Å². The molecule has 0 aliphatic carbocycles. The third kappa shape index (κ3) is 4.45. The molecule has 5 nitrogen and oxygen atoms in total. The van der Waals surface area contributed by atoms with E-state index in [0.717, 1.165) is 28.6 Å². The van der Waals surface area contributed by atoms with Crippen LogP contribution >= 0.6 is 0 Å². The maximum Gasteiger partial charge on any atom is 0.339 e. The number of anilines is 1. The third-order valence-electron chi connectivity index (χ3n) is 5.06. The van der Waals surface area contributed by atoms with Gasteiger partial charge in [0.25, 0.3) is 5.91 Å². The molecule has 2 aromatic carbocycles. The quantitative estimate of drug-likeness (QED) is 0.611. The smallest absolute Gasteiger partial charge is 0.339 e. The summed E-state index contributed by atoms with van der Waals surface area (Å²) in [5.74, 6) is -0.880. The molecule has 1 aromatic heterocycles. The van der Waals surface area contributed by atoms with Crippen LogP contribution in [0.4, 0.5) is 5.69 Å². The number of pyridine rings is 1. The Balaban J connectivity index is 1.80. The number of esters is 1. The Labute approximate surface area is 171 Å². The van der Waals surface area contributed by atoms with Crippen LogP contribution in [0.25, 0.3) is 10.9 Å². The van der Waals surface area contributed by atoms with Crippen LogP contribution in [0.5, 0.6) is 0 Å². The molecule has 1 N–H and O–H groups in total.